The summed E-state index contributed by atoms with van der Waals surface area (Å²) in [4.78, 5) is 22.4. The molecule has 1 N–H and O–H groups in total. The number of rotatable bonds is 5. The van der Waals surface area contributed by atoms with Crippen molar-refractivity contribution in [3.05, 3.63) is 28.8 Å². The Morgan fingerprint density at radius 2 is 1.75 bits per heavy atom. The van der Waals surface area contributed by atoms with E-state index in [1.807, 2.05) is 0 Å². The molecule has 108 valence electrons. The first-order valence-electron chi connectivity index (χ1n) is 5.39. The van der Waals surface area contributed by atoms with Crippen LogP contribution in [0.2, 0.25) is 5.02 Å². The molecule has 6 nitrogen and oxygen atoms in total. The van der Waals surface area contributed by atoms with E-state index < -0.39 is 17.5 Å². The van der Waals surface area contributed by atoms with Gasteiger partial charge in [0.2, 0.25) is 0 Å². The van der Waals surface area contributed by atoms with E-state index in [0.29, 0.717) is 0 Å². The van der Waals surface area contributed by atoms with Crippen LogP contribution in [0, 0.1) is 0 Å². The minimum Gasteiger partial charge on any atom is -0.507 e. The Balaban J connectivity index is 3.27. The van der Waals surface area contributed by atoms with Gasteiger partial charge in [-0.15, -0.1) is 0 Å². The van der Waals surface area contributed by atoms with Crippen molar-refractivity contribution in [3.8, 4) is 11.5 Å². The van der Waals surface area contributed by atoms with Crippen LogP contribution >= 0.6 is 11.6 Å². The van der Waals surface area contributed by atoms with E-state index in [1.54, 1.807) is 0 Å². The summed E-state index contributed by atoms with van der Waals surface area (Å²) in [5.41, 5.74) is 0.158. The fourth-order valence-corrected chi connectivity index (χ4v) is 1.65. The van der Waals surface area contributed by atoms with Gasteiger partial charge in [-0.3, -0.25) is 4.79 Å². The number of ketones is 1. The molecule has 0 aliphatic rings. The van der Waals surface area contributed by atoms with E-state index >= 15 is 0 Å². The number of methoxy groups -OCH3 is 3. The lowest BCUT2D eigenvalue weighted by atomic mass is 10.1. The second kappa shape index (κ2) is 6.81. The molecule has 1 rings (SSSR count). The minimum absolute atomic E-state index is 0.158. The van der Waals surface area contributed by atoms with Crippen LogP contribution in [0.25, 0.3) is 5.76 Å². The number of esters is 1. The number of aliphatic hydroxyl groups excluding tert-OH is 1. The topological polar surface area (TPSA) is 82.1 Å². The summed E-state index contributed by atoms with van der Waals surface area (Å²) < 4.78 is 14.3. The van der Waals surface area contributed by atoms with Crippen LogP contribution in [0.3, 0.4) is 0 Å². The van der Waals surface area contributed by atoms with Crippen molar-refractivity contribution >= 4 is 29.1 Å². The first-order chi connectivity index (χ1) is 9.44. The predicted octanol–water partition coefficient (Wildman–Crippen LogP) is 2.00. The highest BCUT2D eigenvalue weighted by Gasteiger charge is 2.17. The van der Waals surface area contributed by atoms with Gasteiger partial charge in [0.05, 0.1) is 31.9 Å². The second-order valence-electron chi connectivity index (χ2n) is 3.57. The normalized spacial score (nSPS) is 10.9. The Bertz CT molecular complexity index is 564. The van der Waals surface area contributed by atoms with E-state index in [1.165, 1.54) is 26.4 Å². The average molecular weight is 301 g/mol. The molecule has 0 amide bonds. The number of halogens is 1. The molecule has 0 saturated heterocycles. The number of carbonyl (C=O) groups is 2. The number of benzene rings is 1. The van der Waals surface area contributed by atoms with Gasteiger partial charge in [-0.2, -0.15) is 0 Å². The molecule has 0 aromatic heterocycles. The van der Waals surface area contributed by atoms with Gasteiger partial charge in [0, 0.05) is 12.1 Å². The lowest BCUT2D eigenvalue weighted by molar-refractivity contribution is -0.149. The molecule has 0 saturated carbocycles. The fraction of sp³-hybridized carbons (Fsp3) is 0.231. The van der Waals surface area contributed by atoms with E-state index in [0.717, 1.165) is 13.2 Å². The zero-order valence-electron chi connectivity index (χ0n) is 11.1. The highest BCUT2D eigenvalue weighted by molar-refractivity contribution is 6.39. The standard InChI is InChI=1S/C13H13ClO6/c1-18-11-5-8(14)12(19-2)4-7(11)9(15)6-10(16)13(17)20-3/h4-6,15H,1-3H3/b9-6-. The van der Waals surface area contributed by atoms with Gasteiger partial charge in [-0.1, -0.05) is 11.6 Å². The Kier molecular flexibility index (Phi) is 5.40. The van der Waals surface area contributed by atoms with E-state index in [9.17, 15) is 14.7 Å². The summed E-state index contributed by atoms with van der Waals surface area (Å²) in [5, 5.41) is 10.2. The molecule has 0 radical (unpaired) electrons. The van der Waals surface area contributed by atoms with Crippen LogP contribution in [0.1, 0.15) is 5.56 Å². The van der Waals surface area contributed by atoms with Gasteiger partial charge in [-0.05, 0) is 6.07 Å². The molecule has 0 atom stereocenters. The predicted molar refractivity (Wildman–Crippen MR) is 72.2 cm³/mol. The van der Waals surface area contributed by atoms with Crippen LogP contribution in [-0.4, -0.2) is 38.2 Å². The molecule has 0 bridgehead atoms. The van der Waals surface area contributed by atoms with Crippen molar-refractivity contribution in [2.45, 2.75) is 0 Å². The van der Waals surface area contributed by atoms with Gasteiger partial charge in [-0.25, -0.2) is 4.79 Å². The van der Waals surface area contributed by atoms with Crippen molar-refractivity contribution < 1.29 is 28.9 Å². The second-order valence-corrected chi connectivity index (χ2v) is 3.98. The van der Waals surface area contributed by atoms with Crippen molar-refractivity contribution in [2.24, 2.45) is 0 Å². The average Bonchev–Trinajstić information content (AvgIpc) is 2.45. The molecule has 0 spiro atoms. The summed E-state index contributed by atoms with van der Waals surface area (Å²) in [5.74, 6) is -2.04. The maximum Gasteiger partial charge on any atom is 0.378 e. The van der Waals surface area contributed by atoms with E-state index in [-0.39, 0.29) is 22.1 Å². The van der Waals surface area contributed by atoms with Gasteiger partial charge in [0.15, 0.2) is 0 Å². The molecule has 0 unspecified atom stereocenters. The van der Waals surface area contributed by atoms with Crippen LogP contribution in [0.15, 0.2) is 18.2 Å². The summed E-state index contributed by atoms with van der Waals surface area (Å²) in [7, 11) is 3.84. The van der Waals surface area contributed by atoms with Gasteiger partial charge in [0.25, 0.3) is 5.78 Å². The molecular weight excluding hydrogens is 288 g/mol. The lowest BCUT2D eigenvalue weighted by Gasteiger charge is -2.11. The Morgan fingerprint density at radius 1 is 1.15 bits per heavy atom. The quantitative estimate of drug-likeness (QED) is 0.388. The molecular formula is C13H13ClO6. The smallest absolute Gasteiger partial charge is 0.378 e. The molecule has 7 heteroatoms. The molecule has 0 heterocycles. The summed E-state index contributed by atoms with van der Waals surface area (Å²) in [6.07, 6.45) is 0.733. The van der Waals surface area contributed by atoms with Crippen LogP contribution in [0.5, 0.6) is 11.5 Å². The lowest BCUT2D eigenvalue weighted by Crippen LogP contribution is -2.13. The van der Waals surface area contributed by atoms with Crippen molar-refractivity contribution in [3.63, 3.8) is 0 Å². The van der Waals surface area contributed by atoms with E-state index in [4.69, 9.17) is 21.1 Å². The molecule has 1 aromatic carbocycles. The Hall–Kier alpha value is -2.21. The van der Waals surface area contributed by atoms with Gasteiger partial charge in [0.1, 0.15) is 17.3 Å². The first-order valence-corrected chi connectivity index (χ1v) is 5.77. The minimum atomic E-state index is -1.09. The number of hydrogen-bond acceptors (Lipinski definition) is 6. The Morgan fingerprint density at radius 3 is 2.25 bits per heavy atom. The zero-order valence-corrected chi connectivity index (χ0v) is 11.9. The van der Waals surface area contributed by atoms with Crippen LogP contribution in [0.4, 0.5) is 0 Å². The molecule has 1 aromatic rings. The van der Waals surface area contributed by atoms with Crippen molar-refractivity contribution in [2.75, 3.05) is 21.3 Å². The van der Waals surface area contributed by atoms with Gasteiger partial charge < -0.3 is 19.3 Å². The van der Waals surface area contributed by atoms with Crippen molar-refractivity contribution in [1.82, 2.24) is 0 Å². The van der Waals surface area contributed by atoms with Crippen LogP contribution in [-0.2, 0) is 14.3 Å². The van der Waals surface area contributed by atoms with Gasteiger partial charge >= 0.3 is 5.97 Å². The zero-order chi connectivity index (χ0) is 15.3. The number of ether oxygens (including phenoxy) is 3. The van der Waals surface area contributed by atoms with E-state index in [2.05, 4.69) is 4.74 Å². The third kappa shape index (κ3) is 3.42. The third-order valence-electron chi connectivity index (χ3n) is 2.40. The number of hydrogen-bond donors (Lipinski definition) is 1. The molecule has 0 aliphatic heterocycles. The molecule has 20 heavy (non-hydrogen) atoms. The first kappa shape index (κ1) is 15.8. The van der Waals surface area contributed by atoms with Crippen LogP contribution < -0.4 is 9.47 Å². The maximum atomic E-state index is 11.4. The number of aliphatic hydroxyl groups is 1. The SMILES string of the molecule is COC(=O)C(=O)/C=C(\O)c1cc(OC)c(Cl)cc1OC. The molecule has 0 fully saturated rings. The summed E-state index contributed by atoms with van der Waals surface area (Å²) in [6, 6.07) is 2.81. The number of carbonyl (C=O) groups excluding carboxylic acids is 2. The fourth-order valence-electron chi connectivity index (χ4n) is 1.42. The highest BCUT2D eigenvalue weighted by Crippen LogP contribution is 2.35. The third-order valence-corrected chi connectivity index (χ3v) is 2.70. The van der Waals surface area contributed by atoms with Crippen molar-refractivity contribution in [1.29, 1.82) is 0 Å². The highest BCUT2D eigenvalue weighted by atomic mass is 35.5. The largest absolute Gasteiger partial charge is 0.507 e. The Labute approximate surface area is 120 Å². The summed E-state index contributed by atoms with van der Waals surface area (Å²) in [6.45, 7) is 0. The maximum absolute atomic E-state index is 11.4. The molecule has 0 aliphatic carbocycles. The summed E-state index contributed by atoms with van der Waals surface area (Å²) >= 11 is 5.92. The monoisotopic (exact) mass is 300 g/mol.